The van der Waals surface area contributed by atoms with Crippen LogP contribution in [0.2, 0.25) is 0 Å². The van der Waals surface area contributed by atoms with Crippen LogP contribution in [0.3, 0.4) is 0 Å². The van der Waals surface area contributed by atoms with Gasteiger partial charge in [0.1, 0.15) is 5.75 Å². The summed E-state index contributed by atoms with van der Waals surface area (Å²) in [6, 6.07) is 7.92. The van der Waals surface area contributed by atoms with E-state index in [-0.39, 0.29) is 12.0 Å². The second kappa shape index (κ2) is 8.79. The molecule has 1 aromatic carbocycles. The minimum absolute atomic E-state index is 0.115. The van der Waals surface area contributed by atoms with Gasteiger partial charge in [-0.3, -0.25) is 9.69 Å². The first-order valence-corrected chi connectivity index (χ1v) is 8.38. The van der Waals surface area contributed by atoms with Crippen LogP contribution in [0.25, 0.3) is 0 Å². The third kappa shape index (κ3) is 6.06. The Morgan fingerprint density at radius 3 is 2.36 bits per heavy atom. The number of rotatable bonds is 6. The molecule has 1 N–H and O–H groups in total. The Hall–Kier alpha value is -1.55. The van der Waals surface area contributed by atoms with E-state index in [1.165, 1.54) is 25.7 Å². The molecule has 0 aliphatic carbocycles. The number of amides is 1. The smallest absolute Gasteiger partial charge is 0.234 e. The van der Waals surface area contributed by atoms with Gasteiger partial charge >= 0.3 is 0 Å². The first-order valence-electron chi connectivity index (χ1n) is 8.38. The van der Waals surface area contributed by atoms with Crippen LogP contribution in [0, 0.1) is 0 Å². The zero-order chi connectivity index (χ0) is 15.8. The molecule has 1 amide bonds. The van der Waals surface area contributed by atoms with Gasteiger partial charge in [0.2, 0.25) is 5.91 Å². The van der Waals surface area contributed by atoms with E-state index in [2.05, 4.69) is 10.2 Å². The van der Waals surface area contributed by atoms with E-state index in [9.17, 15) is 4.79 Å². The minimum Gasteiger partial charge on any atom is -0.491 e. The molecule has 0 spiro atoms. The first-order chi connectivity index (χ1) is 10.6. The van der Waals surface area contributed by atoms with Crippen LogP contribution < -0.4 is 10.1 Å². The van der Waals surface area contributed by atoms with Gasteiger partial charge in [0.05, 0.1) is 12.6 Å². The third-order valence-corrected chi connectivity index (χ3v) is 3.85. The fourth-order valence-electron chi connectivity index (χ4n) is 2.71. The SMILES string of the molecule is CC(C)Oc1ccc(CNC(=O)CN2CCCCCC2)cc1. The molecule has 4 nitrogen and oxygen atoms in total. The molecular weight excluding hydrogens is 276 g/mol. The number of nitrogens with zero attached hydrogens (tertiary/aromatic N) is 1. The molecule has 1 aliphatic heterocycles. The topological polar surface area (TPSA) is 41.6 Å². The highest BCUT2D eigenvalue weighted by Crippen LogP contribution is 2.14. The van der Waals surface area contributed by atoms with Crippen molar-refractivity contribution in [3.05, 3.63) is 29.8 Å². The van der Waals surface area contributed by atoms with Crippen LogP contribution in [-0.4, -0.2) is 36.5 Å². The standard InChI is InChI=1S/C18H28N2O2/c1-15(2)22-17-9-7-16(8-10-17)13-19-18(21)14-20-11-5-3-4-6-12-20/h7-10,15H,3-6,11-14H2,1-2H3,(H,19,21). The van der Waals surface area contributed by atoms with Crippen molar-refractivity contribution in [3.8, 4) is 5.75 Å². The van der Waals surface area contributed by atoms with Gasteiger partial charge in [-0.25, -0.2) is 0 Å². The molecule has 1 aliphatic rings. The fourth-order valence-corrected chi connectivity index (χ4v) is 2.71. The molecule has 1 fully saturated rings. The van der Waals surface area contributed by atoms with E-state index in [0.29, 0.717) is 13.1 Å². The predicted molar refractivity (Wildman–Crippen MR) is 89.0 cm³/mol. The van der Waals surface area contributed by atoms with Crippen LogP contribution >= 0.6 is 0 Å². The Labute approximate surface area is 133 Å². The number of carbonyl (C=O) groups is 1. The normalized spacial score (nSPS) is 16.3. The van der Waals surface area contributed by atoms with Crippen molar-refractivity contribution in [2.75, 3.05) is 19.6 Å². The highest BCUT2D eigenvalue weighted by molar-refractivity contribution is 5.78. The molecule has 1 aromatic rings. The molecular formula is C18H28N2O2. The largest absolute Gasteiger partial charge is 0.491 e. The van der Waals surface area contributed by atoms with E-state index in [0.717, 1.165) is 24.4 Å². The van der Waals surface area contributed by atoms with Gasteiger partial charge in [-0.05, 0) is 57.5 Å². The molecule has 0 unspecified atom stereocenters. The average molecular weight is 304 g/mol. The molecule has 0 aromatic heterocycles. The van der Waals surface area contributed by atoms with E-state index >= 15 is 0 Å². The Bertz CT molecular complexity index is 449. The molecule has 22 heavy (non-hydrogen) atoms. The molecule has 1 heterocycles. The first kappa shape index (κ1) is 16.8. The summed E-state index contributed by atoms with van der Waals surface area (Å²) < 4.78 is 5.61. The predicted octanol–water partition coefficient (Wildman–Crippen LogP) is 2.97. The van der Waals surface area contributed by atoms with Crippen molar-refractivity contribution in [1.29, 1.82) is 0 Å². The van der Waals surface area contributed by atoms with Gasteiger partial charge in [-0.2, -0.15) is 0 Å². The maximum absolute atomic E-state index is 12.0. The lowest BCUT2D eigenvalue weighted by molar-refractivity contribution is -0.122. The maximum Gasteiger partial charge on any atom is 0.234 e. The lowest BCUT2D eigenvalue weighted by Gasteiger charge is -2.19. The minimum atomic E-state index is 0.115. The number of hydrogen-bond donors (Lipinski definition) is 1. The quantitative estimate of drug-likeness (QED) is 0.878. The Morgan fingerprint density at radius 2 is 1.77 bits per heavy atom. The number of nitrogens with one attached hydrogen (secondary N) is 1. The summed E-state index contributed by atoms with van der Waals surface area (Å²) in [5.74, 6) is 0.985. The molecule has 122 valence electrons. The van der Waals surface area contributed by atoms with Crippen LogP contribution in [0.1, 0.15) is 45.1 Å². The lowest BCUT2D eigenvalue weighted by atomic mass is 10.2. The van der Waals surface area contributed by atoms with Gasteiger partial charge in [0, 0.05) is 6.54 Å². The van der Waals surface area contributed by atoms with Crippen molar-refractivity contribution in [3.63, 3.8) is 0 Å². The molecule has 0 bridgehead atoms. The molecule has 4 heteroatoms. The zero-order valence-corrected chi connectivity index (χ0v) is 13.8. The molecule has 2 rings (SSSR count). The average Bonchev–Trinajstić information content (AvgIpc) is 2.74. The Balaban J connectivity index is 1.73. The third-order valence-electron chi connectivity index (χ3n) is 3.85. The van der Waals surface area contributed by atoms with Gasteiger partial charge in [-0.1, -0.05) is 25.0 Å². The highest BCUT2D eigenvalue weighted by Gasteiger charge is 2.12. The summed E-state index contributed by atoms with van der Waals surface area (Å²) in [4.78, 5) is 14.3. The number of carbonyl (C=O) groups excluding carboxylic acids is 1. The summed E-state index contributed by atoms with van der Waals surface area (Å²) in [5, 5.41) is 3.01. The second-order valence-corrected chi connectivity index (χ2v) is 6.28. The monoisotopic (exact) mass is 304 g/mol. The molecule has 0 radical (unpaired) electrons. The molecule has 1 saturated heterocycles. The second-order valence-electron chi connectivity index (χ2n) is 6.28. The molecule has 0 saturated carbocycles. The number of ether oxygens (including phenoxy) is 1. The summed E-state index contributed by atoms with van der Waals surface area (Å²) in [5.41, 5.74) is 1.10. The van der Waals surface area contributed by atoms with Gasteiger partial charge < -0.3 is 10.1 Å². The highest BCUT2D eigenvalue weighted by atomic mass is 16.5. The van der Waals surface area contributed by atoms with E-state index < -0.39 is 0 Å². The lowest BCUT2D eigenvalue weighted by Crippen LogP contribution is -2.37. The van der Waals surface area contributed by atoms with Gasteiger partial charge in [0.15, 0.2) is 0 Å². The van der Waals surface area contributed by atoms with Crippen LogP contribution in [-0.2, 0) is 11.3 Å². The summed E-state index contributed by atoms with van der Waals surface area (Å²) >= 11 is 0. The van der Waals surface area contributed by atoms with Crippen molar-refractivity contribution < 1.29 is 9.53 Å². The Kier molecular flexibility index (Phi) is 6.72. The fraction of sp³-hybridized carbons (Fsp3) is 0.611. The van der Waals surface area contributed by atoms with Crippen LogP contribution in [0.15, 0.2) is 24.3 Å². The van der Waals surface area contributed by atoms with Gasteiger partial charge in [0.25, 0.3) is 0 Å². The van der Waals surface area contributed by atoms with Gasteiger partial charge in [-0.15, -0.1) is 0 Å². The Morgan fingerprint density at radius 1 is 1.14 bits per heavy atom. The van der Waals surface area contributed by atoms with Crippen LogP contribution in [0.4, 0.5) is 0 Å². The van der Waals surface area contributed by atoms with E-state index in [1.807, 2.05) is 38.1 Å². The van der Waals surface area contributed by atoms with Crippen molar-refractivity contribution >= 4 is 5.91 Å². The van der Waals surface area contributed by atoms with Crippen LogP contribution in [0.5, 0.6) is 5.75 Å². The van der Waals surface area contributed by atoms with E-state index in [1.54, 1.807) is 0 Å². The van der Waals surface area contributed by atoms with Crippen molar-refractivity contribution in [2.24, 2.45) is 0 Å². The zero-order valence-electron chi connectivity index (χ0n) is 13.8. The number of benzene rings is 1. The summed E-state index contributed by atoms with van der Waals surface area (Å²) in [6.45, 7) is 7.22. The molecule has 0 atom stereocenters. The summed E-state index contributed by atoms with van der Waals surface area (Å²) in [6.07, 6.45) is 5.19. The van der Waals surface area contributed by atoms with Crippen molar-refractivity contribution in [1.82, 2.24) is 10.2 Å². The van der Waals surface area contributed by atoms with Crippen molar-refractivity contribution in [2.45, 2.75) is 52.2 Å². The summed E-state index contributed by atoms with van der Waals surface area (Å²) in [7, 11) is 0. The number of hydrogen-bond acceptors (Lipinski definition) is 3. The van der Waals surface area contributed by atoms with E-state index in [4.69, 9.17) is 4.74 Å². The maximum atomic E-state index is 12.0. The number of likely N-dealkylation sites (tertiary alicyclic amines) is 1.